The van der Waals surface area contributed by atoms with Gasteiger partial charge in [-0.25, -0.2) is 4.79 Å². The number of fused-ring (bicyclic) bond motifs is 1. The van der Waals surface area contributed by atoms with Gasteiger partial charge in [0.15, 0.2) is 5.56 Å². The first-order chi connectivity index (χ1) is 14.4. The average Bonchev–Trinajstić information content (AvgIpc) is 3.13. The summed E-state index contributed by atoms with van der Waals surface area (Å²) >= 11 is 0. The Balaban J connectivity index is 1.66. The van der Waals surface area contributed by atoms with Gasteiger partial charge in [0.2, 0.25) is 0 Å². The average molecular weight is 407 g/mol. The molecule has 0 radical (unpaired) electrons. The fourth-order valence-electron chi connectivity index (χ4n) is 5.09. The standard InChI is InChI=1S/C23H25N3O4/c1-2-17-19(25-21(28)18(20(17)27)22(29)30)14-6-8-16(9-7-14)26-11-15-5-3-4-10-23(15,12-24)13-26/h6-9,15H,2-5,10-11,13H2,1H3,(H,29,30)(H2,25,27,28)/t15-,23-/m0/s1. The van der Waals surface area contributed by atoms with Crippen molar-refractivity contribution >= 4 is 11.7 Å². The first kappa shape index (κ1) is 20.0. The Bertz CT molecular complexity index is 1080. The molecule has 2 aliphatic rings. The maximum atomic E-state index is 12.2. The van der Waals surface area contributed by atoms with Gasteiger partial charge in [-0.15, -0.1) is 0 Å². The molecule has 1 aliphatic heterocycles. The van der Waals surface area contributed by atoms with Gasteiger partial charge in [-0.3, -0.25) is 4.79 Å². The molecule has 2 fully saturated rings. The zero-order valence-electron chi connectivity index (χ0n) is 16.9. The molecule has 156 valence electrons. The van der Waals surface area contributed by atoms with E-state index >= 15 is 0 Å². The molecular formula is C23H25N3O4. The van der Waals surface area contributed by atoms with E-state index in [1.54, 1.807) is 6.92 Å². The van der Waals surface area contributed by atoms with Crippen LogP contribution < -0.4 is 10.5 Å². The van der Waals surface area contributed by atoms with E-state index in [0.29, 0.717) is 29.2 Å². The zero-order valence-corrected chi connectivity index (χ0v) is 16.9. The van der Waals surface area contributed by atoms with Crippen LogP contribution in [0.4, 0.5) is 5.69 Å². The van der Waals surface area contributed by atoms with Gasteiger partial charge in [0, 0.05) is 24.3 Å². The molecule has 1 saturated carbocycles. The molecule has 1 aliphatic carbocycles. The van der Waals surface area contributed by atoms with E-state index < -0.39 is 22.8 Å². The quantitative estimate of drug-likeness (QED) is 0.714. The zero-order chi connectivity index (χ0) is 21.5. The van der Waals surface area contributed by atoms with Gasteiger partial charge >= 0.3 is 5.97 Å². The molecule has 0 amide bonds. The lowest BCUT2D eigenvalue weighted by atomic mass is 9.69. The topological polar surface area (TPSA) is 117 Å². The van der Waals surface area contributed by atoms with Crippen molar-refractivity contribution in [3.05, 3.63) is 45.7 Å². The van der Waals surface area contributed by atoms with Gasteiger partial charge in [-0.1, -0.05) is 31.9 Å². The van der Waals surface area contributed by atoms with Crippen LogP contribution in [0.3, 0.4) is 0 Å². The molecule has 3 N–H and O–H groups in total. The highest BCUT2D eigenvalue weighted by Gasteiger charge is 2.48. The summed E-state index contributed by atoms with van der Waals surface area (Å²) in [6, 6.07) is 10.2. The molecule has 0 spiro atoms. The van der Waals surface area contributed by atoms with Crippen LogP contribution in [-0.4, -0.2) is 34.3 Å². The minimum absolute atomic E-state index is 0.254. The normalized spacial score (nSPS) is 23.1. The van der Waals surface area contributed by atoms with E-state index in [4.69, 9.17) is 0 Å². The minimum Gasteiger partial charge on any atom is -0.506 e. The largest absolute Gasteiger partial charge is 0.506 e. The maximum Gasteiger partial charge on any atom is 0.345 e. The Labute approximate surface area is 174 Å². The Morgan fingerprint density at radius 3 is 2.67 bits per heavy atom. The molecule has 0 bridgehead atoms. The molecule has 1 saturated heterocycles. The van der Waals surface area contributed by atoms with Gasteiger partial charge in [0.1, 0.15) is 5.75 Å². The number of benzene rings is 1. The lowest BCUT2D eigenvalue weighted by molar-refractivity contribution is 0.0691. The van der Waals surface area contributed by atoms with E-state index in [1.807, 2.05) is 24.3 Å². The van der Waals surface area contributed by atoms with E-state index in [2.05, 4.69) is 16.0 Å². The number of aromatic nitrogens is 1. The molecule has 2 aromatic rings. The van der Waals surface area contributed by atoms with Gasteiger partial charge in [-0.05, 0) is 42.9 Å². The second-order valence-electron chi connectivity index (χ2n) is 8.33. The summed E-state index contributed by atoms with van der Waals surface area (Å²) in [5, 5.41) is 29.4. The Hall–Kier alpha value is -3.27. The van der Waals surface area contributed by atoms with Crippen molar-refractivity contribution in [2.45, 2.75) is 39.0 Å². The van der Waals surface area contributed by atoms with Crippen molar-refractivity contribution in [3.63, 3.8) is 0 Å². The summed E-state index contributed by atoms with van der Waals surface area (Å²) in [5.41, 5.74) is 0.844. The number of aromatic hydroxyl groups is 1. The number of carboxylic acid groups (broad SMARTS) is 1. The summed E-state index contributed by atoms with van der Waals surface area (Å²) in [4.78, 5) is 28.4. The third kappa shape index (κ3) is 3.13. The van der Waals surface area contributed by atoms with Gasteiger partial charge < -0.3 is 20.1 Å². The fourth-order valence-corrected chi connectivity index (χ4v) is 5.09. The monoisotopic (exact) mass is 407 g/mol. The number of nitrogens with zero attached hydrogens (tertiary/aromatic N) is 2. The van der Waals surface area contributed by atoms with Crippen LogP contribution in [0.25, 0.3) is 11.3 Å². The lowest BCUT2D eigenvalue weighted by Gasteiger charge is -2.31. The van der Waals surface area contributed by atoms with E-state index in [0.717, 1.165) is 38.0 Å². The van der Waals surface area contributed by atoms with E-state index in [-0.39, 0.29) is 5.41 Å². The van der Waals surface area contributed by atoms with Crippen molar-refractivity contribution in [2.75, 3.05) is 18.0 Å². The number of aromatic amines is 1. The number of nitriles is 1. The van der Waals surface area contributed by atoms with Crippen LogP contribution in [0.1, 0.15) is 48.5 Å². The molecular weight excluding hydrogens is 382 g/mol. The van der Waals surface area contributed by atoms with Gasteiger partial charge in [0.05, 0.1) is 17.2 Å². The second-order valence-corrected chi connectivity index (χ2v) is 8.33. The summed E-state index contributed by atoms with van der Waals surface area (Å²) in [7, 11) is 0. The minimum atomic E-state index is -1.45. The van der Waals surface area contributed by atoms with Crippen LogP contribution in [0.2, 0.25) is 0 Å². The first-order valence-corrected chi connectivity index (χ1v) is 10.4. The third-order valence-electron chi connectivity index (χ3n) is 6.72. The molecule has 7 nitrogen and oxygen atoms in total. The van der Waals surface area contributed by atoms with E-state index in [9.17, 15) is 25.1 Å². The van der Waals surface area contributed by atoms with Crippen LogP contribution in [0.5, 0.6) is 5.75 Å². The molecule has 30 heavy (non-hydrogen) atoms. The summed E-state index contributed by atoms with van der Waals surface area (Å²) < 4.78 is 0. The highest BCUT2D eigenvalue weighted by Crippen LogP contribution is 2.47. The SMILES string of the molecule is CCc1c(-c2ccc(N3C[C@@H]4CCCC[C@]4(C#N)C3)cc2)[nH]c(=O)c(C(=O)O)c1O. The first-order valence-electron chi connectivity index (χ1n) is 10.4. The number of pyridine rings is 1. The fraction of sp³-hybridized carbons (Fsp3) is 0.435. The second kappa shape index (κ2) is 7.52. The molecule has 0 unspecified atom stereocenters. The third-order valence-corrected chi connectivity index (χ3v) is 6.72. The predicted molar refractivity (Wildman–Crippen MR) is 113 cm³/mol. The van der Waals surface area contributed by atoms with Crippen molar-refractivity contribution in [1.29, 1.82) is 5.26 Å². The number of H-pyrrole nitrogens is 1. The van der Waals surface area contributed by atoms with Crippen LogP contribution in [0.15, 0.2) is 29.1 Å². The Morgan fingerprint density at radius 2 is 2.07 bits per heavy atom. The number of carbonyl (C=O) groups is 1. The highest BCUT2D eigenvalue weighted by atomic mass is 16.4. The number of hydrogen-bond donors (Lipinski definition) is 3. The number of carboxylic acids is 1. The van der Waals surface area contributed by atoms with Crippen molar-refractivity contribution in [2.24, 2.45) is 11.3 Å². The molecule has 2 heterocycles. The smallest absolute Gasteiger partial charge is 0.345 e. The number of rotatable bonds is 4. The predicted octanol–water partition coefficient (Wildman–Crippen LogP) is 3.53. The number of nitrogens with one attached hydrogen (secondary N) is 1. The highest BCUT2D eigenvalue weighted by molar-refractivity contribution is 5.92. The van der Waals surface area contributed by atoms with Crippen molar-refractivity contribution < 1.29 is 15.0 Å². The van der Waals surface area contributed by atoms with Crippen molar-refractivity contribution in [3.8, 4) is 23.1 Å². The number of aromatic carboxylic acids is 1. The molecule has 1 aromatic heterocycles. The number of anilines is 1. The molecule has 2 atom stereocenters. The Kier molecular flexibility index (Phi) is 5.02. The van der Waals surface area contributed by atoms with Crippen LogP contribution >= 0.6 is 0 Å². The molecule has 7 heteroatoms. The summed E-state index contributed by atoms with van der Waals surface area (Å²) in [6.07, 6.45) is 4.72. The van der Waals surface area contributed by atoms with Crippen LogP contribution in [-0.2, 0) is 6.42 Å². The van der Waals surface area contributed by atoms with E-state index in [1.165, 1.54) is 6.42 Å². The summed E-state index contributed by atoms with van der Waals surface area (Å²) in [5.74, 6) is -1.53. The number of hydrogen-bond acceptors (Lipinski definition) is 5. The molecule has 4 rings (SSSR count). The molecule has 1 aromatic carbocycles. The lowest BCUT2D eigenvalue weighted by Crippen LogP contribution is -2.31. The van der Waals surface area contributed by atoms with Gasteiger partial charge in [0.25, 0.3) is 5.56 Å². The Morgan fingerprint density at radius 1 is 1.33 bits per heavy atom. The summed E-state index contributed by atoms with van der Waals surface area (Å²) in [6.45, 7) is 3.40. The van der Waals surface area contributed by atoms with Crippen molar-refractivity contribution in [1.82, 2.24) is 4.98 Å². The maximum absolute atomic E-state index is 12.2. The van der Waals surface area contributed by atoms with Crippen LogP contribution in [0, 0.1) is 22.7 Å². The van der Waals surface area contributed by atoms with Gasteiger partial charge in [-0.2, -0.15) is 5.26 Å².